The molecule has 0 amide bonds. The van der Waals surface area contributed by atoms with E-state index in [2.05, 4.69) is 27.7 Å². The van der Waals surface area contributed by atoms with Gasteiger partial charge < -0.3 is 0 Å². The fraction of sp³-hybridized carbons (Fsp3) is 0.947. The van der Waals surface area contributed by atoms with E-state index in [1.165, 1.54) is 89.2 Å². The van der Waals surface area contributed by atoms with E-state index >= 15 is 0 Å². The Hall–Kier alpha value is -0.330. The Kier molecular flexibility index (Phi) is 14.8. The lowest BCUT2D eigenvalue weighted by atomic mass is 10.0. The number of rotatable bonds is 14. The van der Waals surface area contributed by atoms with E-state index in [0.717, 1.165) is 0 Å². The molecule has 0 saturated heterocycles. The lowest BCUT2D eigenvalue weighted by molar-refractivity contribution is 0.588. The van der Waals surface area contributed by atoms with Gasteiger partial charge in [0.15, 0.2) is 0 Å². The standard InChI is InChI=1S/C19H39N/c1-5-8-11-14-17-19(16-13-10-7-3)20-18(4)15-12-9-6-2/h18H,5-17H2,1-4H3. The second-order valence-electron chi connectivity index (χ2n) is 6.31. The summed E-state index contributed by atoms with van der Waals surface area (Å²) in [6, 6.07) is 0.546. The molecule has 0 N–H and O–H groups in total. The van der Waals surface area contributed by atoms with Crippen LogP contribution in [-0.2, 0) is 0 Å². The van der Waals surface area contributed by atoms with Crippen molar-refractivity contribution in [2.24, 2.45) is 4.99 Å². The first kappa shape index (κ1) is 19.7. The summed E-state index contributed by atoms with van der Waals surface area (Å²) in [6.07, 6.45) is 17.3. The summed E-state index contributed by atoms with van der Waals surface area (Å²) >= 11 is 0. The highest BCUT2D eigenvalue weighted by Gasteiger charge is 2.04. The van der Waals surface area contributed by atoms with E-state index in [1.807, 2.05) is 0 Å². The summed E-state index contributed by atoms with van der Waals surface area (Å²) in [5.41, 5.74) is 1.51. The maximum Gasteiger partial charge on any atom is 0.0470 e. The van der Waals surface area contributed by atoms with E-state index in [0.29, 0.717) is 6.04 Å². The van der Waals surface area contributed by atoms with Crippen LogP contribution in [0.2, 0.25) is 0 Å². The maximum atomic E-state index is 5.03. The molecule has 0 aromatic rings. The highest BCUT2D eigenvalue weighted by molar-refractivity contribution is 5.84. The predicted molar refractivity (Wildman–Crippen MR) is 93.9 cm³/mol. The van der Waals surface area contributed by atoms with E-state index < -0.39 is 0 Å². The molecule has 0 saturated carbocycles. The van der Waals surface area contributed by atoms with Crippen molar-refractivity contribution in [3.8, 4) is 0 Å². The Labute approximate surface area is 128 Å². The topological polar surface area (TPSA) is 12.4 Å². The third-order valence-corrected chi connectivity index (χ3v) is 4.02. The first-order chi connectivity index (χ1) is 9.74. The van der Waals surface area contributed by atoms with Crippen molar-refractivity contribution < 1.29 is 0 Å². The molecule has 0 fully saturated rings. The van der Waals surface area contributed by atoms with Crippen LogP contribution in [-0.4, -0.2) is 11.8 Å². The van der Waals surface area contributed by atoms with Gasteiger partial charge in [0.05, 0.1) is 0 Å². The Morgan fingerprint density at radius 1 is 0.700 bits per heavy atom. The highest BCUT2D eigenvalue weighted by atomic mass is 14.8. The summed E-state index contributed by atoms with van der Waals surface area (Å²) in [5, 5.41) is 0. The lowest BCUT2D eigenvalue weighted by Gasteiger charge is -2.11. The quantitative estimate of drug-likeness (QED) is 0.241. The smallest absolute Gasteiger partial charge is 0.0470 e. The number of hydrogen-bond acceptors (Lipinski definition) is 1. The maximum absolute atomic E-state index is 5.03. The van der Waals surface area contributed by atoms with Gasteiger partial charge in [-0.3, -0.25) is 4.99 Å². The molecule has 0 radical (unpaired) electrons. The van der Waals surface area contributed by atoms with Gasteiger partial charge >= 0.3 is 0 Å². The Morgan fingerprint density at radius 3 is 1.80 bits per heavy atom. The number of hydrogen-bond donors (Lipinski definition) is 0. The summed E-state index contributed by atoms with van der Waals surface area (Å²) in [4.78, 5) is 5.03. The Morgan fingerprint density at radius 2 is 1.20 bits per heavy atom. The molecule has 0 bridgehead atoms. The average molecular weight is 282 g/mol. The number of aliphatic imine (C=N–C) groups is 1. The molecule has 0 aliphatic rings. The van der Waals surface area contributed by atoms with Gasteiger partial charge in [-0.05, 0) is 39.0 Å². The Bertz CT molecular complexity index is 220. The van der Waals surface area contributed by atoms with Crippen LogP contribution in [0.3, 0.4) is 0 Å². The molecule has 0 aliphatic heterocycles. The highest BCUT2D eigenvalue weighted by Crippen LogP contribution is 2.13. The van der Waals surface area contributed by atoms with E-state index in [4.69, 9.17) is 4.99 Å². The predicted octanol–water partition coefficient (Wildman–Crippen LogP) is 6.95. The second-order valence-corrected chi connectivity index (χ2v) is 6.31. The van der Waals surface area contributed by atoms with Gasteiger partial charge in [0, 0.05) is 11.8 Å². The van der Waals surface area contributed by atoms with Crippen molar-refractivity contribution in [3.63, 3.8) is 0 Å². The molecule has 1 unspecified atom stereocenters. The van der Waals surface area contributed by atoms with Crippen LogP contribution >= 0.6 is 0 Å². The van der Waals surface area contributed by atoms with Crippen molar-refractivity contribution >= 4 is 5.71 Å². The van der Waals surface area contributed by atoms with E-state index in [9.17, 15) is 0 Å². The minimum Gasteiger partial charge on any atom is -0.291 e. The molecule has 1 atom stereocenters. The normalized spacial score (nSPS) is 13.7. The first-order valence-corrected chi connectivity index (χ1v) is 9.30. The fourth-order valence-electron chi connectivity index (χ4n) is 2.65. The molecule has 0 aromatic carbocycles. The van der Waals surface area contributed by atoms with Gasteiger partial charge in [-0.2, -0.15) is 0 Å². The first-order valence-electron chi connectivity index (χ1n) is 9.30. The summed E-state index contributed by atoms with van der Waals surface area (Å²) in [5.74, 6) is 0. The van der Waals surface area contributed by atoms with Crippen molar-refractivity contribution in [3.05, 3.63) is 0 Å². The molecule has 0 aliphatic carbocycles. The van der Waals surface area contributed by atoms with Crippen LogP contribution in [0.5, 0.6) is 0 Å². The van der Waals surface area contributed by atoms with Crippen molar-refractivity contribution in [2.75, 3.05) is 0 Å². The van der Waals surface area contributed by atoms with Crippen molar-refractivity contribution in [2.45, 2.75) is 117 Å². The van der Waals surface area contributed by atoms with Crippen LogP contribution < -0.4 is 0 Å². The summed E-state index contributed by atoms with van der Waals surface area (Å²) < 4.78 is 0. The molecule has 20 heavy (non-hydrogen) atoms. The van der Waals surface area contributed by atoms with Crippen LogP contribution in [0.4, 0.5) is 0 Å². The fourth-order valence-corrected chi connectivity index (χ4v) is 2.65. The molecule has 120 valence electrons. The second kappa shape index (κ2) is 15.1. The zero-order valence-corrected chi connectivity index (χ0v) is 14.7. The van der Waals surface area contributed by atoms with Gasteiger partial charge in [-0.25, -0.2) is 0 Å². The van der Waals surface area contributed by atoms with E-state index in [-0.39, 0.29) is 0 Å². The molecule has 0 aromatic heterocycles. The van der Waals surface area contributed by atoms with Crippen LogP contribution in [0, 0.1) is 0 Å². The molecule has 0 spiro atoms. The lowest BCUT2D eigenvalue weighted by Crippen LogP contribution is -2.06. The minimum absolute atomic E-state index is 0.546. The van der Waals surface area contributed by atoms with Gasteiger partial charge in [-0.1, -0.05) is 72.1 Å². The third-order valence-electron chi connectivity index (χ3n) is 4.02. The molecule has 1 heteroatoms. The summed E-state index contributed by atoms with van der Waals surface area (Å²) in [7, 11) is 0. The monoisotopic (exact) mass is 281 g/mol. The minimum atomic E-state index is 0.546. The van der Waals surface area contributed by atoms with Crippen LogP contribution in [0.1, 0.15) is 111 Å². The number of unbranched alkanes of at least 4 members (excludes halogenated alkanes) is 7. The zero-order valence-electron chi connectivity index (χ0n) is 14.7. The molecular weight excluding hydrogens is 242 g/mol. The van der Waals surface area contributed by atoms with Gasteiger partial charge in [0.1, 0.15) is 0 Å². The van der Waals surface area contributed by atoms with Gasteiger partial charge in [-0.15, -0.1) is 0 Å². The van der Waals surface area contributed by atoms with Gasteiger partial charge in [0.25, 0.3) is 0 Å². The van der Waals surface area contributed by atoms with E-state index in [1.54, 1.807) is 0 Å². The van der Waals surface area contributed by atoms with Crippen molar-refractivity contribution in [1.29, 1.82) is 0 Å². The zero-order chi connectivity index (χ0) is 15.1. The Balaban J connectivity index is 4.10. The largest absolute Gasteiger partial charge is 0.291 e. The summed E-state index contributed by atoms with van der Waals surface area (Å²) in [6.45, 7) is 9.15. The molecule has 0 heterocycles. The third kappa shape index (κ3) is 12.7. The van der Waals surface area contributed by atoms with Crippen LogP contribution in [0.25, 0.3) is 0 Å². The average Bonchev–Trinajstić information content (AvgIpc) is 2.44. The van der Waals surface area contributed by atoms with Crippen molar-refractivity contribution in [1.82, 2.24) is 0 Å². The number of nitrogens with zero attached hydrogens (tertiary/aromatic N) is 1. The molecular formula is C19H39N. The van der Waals surface area contributed by atoms with Crippen LogP contribution in [0.15, 0.2) is 4.99 Å². The molecule has 1 nitrogen and oxygen atoms in total. The molecule has 0 rings (SSSR count). The SMILES string of the molecule is CCCCCCC(CCCCC)=NC(C)CCCCC. The van der Waals surface area contributed by atoms with Gasteiger partial charge in [0.2, 0.25) is 0 Å².